The fourth-order valence-corrected chi connectivity index (χ4v) is 1.94. The van der Waals surface area contributed by atoms with Gasteiger partial charge in [-0.25, -0.2) is 0 Å². The van der Waals surface area contributed by atoms with Crippen LogP contribution in [0.3, 0.4) is 0 Å². The van der Waals surface area contributed by atoms with E-state index in [0.29, 0.717) is 30.1 Å². The summed E-state index contributed by atoms with van der Waals surface area (Å²) >= 11 is 0. The van der Waals surface area contributed by atoms with E-state index in [0.717, 1.165) is 18.0 Å². The molecule has 7 nitrogen and oxygen atoms in total. The van der Waals surface area contributed by atoms with Gasteiger partial charge in [0.2, 0.25) is 12.7 Å². The second kappa shape index (κ2) is 6.01. The van der Waals surface area contributed by atoms with Gasteiger partial charge in [-0.05, 0) is 24.6 Å². The molecular formula is C14H18N4O3. The van der Waals surface area contributed by atoms with Gasteiger partial charge in [0.05, 0.1) is 6.54 Å². The first-order valence-electron chi connectivity index (χ1n) is 6.90. The van der Waals surface area contributed by atoms with Gasteiger partial charge in [-0.3, -0.25) is 0 Å². The van der Waals surface area contributed by atoms with Gasteiger partial charge in [-0.2, -0.15) is 0 Å². The van der Waals surface area contributed by atoms with Crippen LogP contribution in [0.5, 0.6) is 11.5 Å². The summed E-state index contributed by atoms with van der Waals surface area (Å²) in [5, 5.41) is 14.2. The monoisotopic (exact) mass is 290 g/mol. The number of hydrogen-bond acceptors (Lipinski definition) is 7. The topological polar surface area (TPSA) is 81.4 Å². The lowest BCUT2D eigenvalue weighted by atomic mass is 10.2. The van der Waals surface area contributed by atoms with Crippen molar-refractivity contribution in [2.45, 2.75) is 20.4 Å². The van der Waals surface area contributed by atoms with E-state index in [-0.39, 0.29) is 6.79 Å². The lowest BCUT2D eigenvalue weighted by molar-refractivity contribution is 0.174. The molecule has 0 bridgehead atoms. The Labute approximate surface area is 122 Å². The zero-order valence-electron chi connectivity index (χ0n) is 12.0. The van der Waals surface area contributed by atoms with Crippen LogP contribution in [0.2, 0.25) is 0 Å². The van der Waals surface area contributed by atoms with Gasteiger partial charge in [0.25, 0.3) is 0 Å². The minimum atomic E-state index is 0.255. The maximum atomic E-state index is 5.52. The van der Waals surface area contributed by atoms with Crippen LogP contribution in [-0.4, -0.2) is 23.5 Å². The highest BCUT2D eigenvalue weighted by molar-refractivity contribution is 5.59. The number of ether oxygens (including phenoxy) is 2. The fourth-order valence-electron chi connectivity index (χ4n) is 1.94. The second-order valence-corrected chi connectivity index (χ2v) is 5.22. The molecule has 1 aromatic heterocycles. The number of fused-ring (bicyclic) bond motifs is 1. The van der Waals surface area contributed by atoms with Gasteiger partial charge in [0.1, 0.15) is 0 Å². The van der Waals surface area contributed by atoms with Gasteiger partial charge in [-0.15, -0.1) is 5.10 Å². The lowest BCUT2D eigenvalue weighted by Gasteiger charge is -2.04. The van der Waals surface area contributed by atoms with Gasteiger partial charge in [-0.1, -0.05) is 18.9 Å². The van der Waals surface area contributed by atoms with Crippen LogP contribution in [0.15, 0.2) is 22.6 Å². The third-order valence-corrected chi connectivity index (χ3v) is 2.92. The Kier molecular flexibility index (Phi) is 3.92. The number of rotatable bonds is 6. The second-order valence-electron chi connectivity index (χ2n) is 5.22. The normalized spacial score (nSPS) is 12.9. The Bertz CT molecular complexity index is 612. The van der Waals surface area contributed by atoms with Crippen LogP contribution in [0.4, 0.5) is 11.7 Å². The van der Waals surface area contributed by atoms with E-state index < -0.39 is 0 Å². The molecule has 0 saturated heterocycles. The van der Waals surface area contributed by atoms with E-state index in [4.69, 9.17) is 13.9 Å². The molecule has 0 aliphatic carbocycles. The Morgan fingerprint density at radius 3 is 2.90 bits per heavy atom. The molecule has 0 atom stereocenters. The van der Waals surface area contributed by atoms with Crippen molar-refractivity contribution < 1.29 is 13.9 Å². The summed E-state index contributed by atoms with van der Waals surface area (Å²) in [5.74, 6) is 2.58. The van der Waals surface area contributed by atoms with E-state index in [1.54, 1.807) is 0 Å². The van der Waals surface area contributed by atoms with Crippen LogP contribution in [0.1, 0.15) is 19.7 Å². The predicted octanol–water partition coefficient (Wildman–Crippen LogP) is 2.29. The average Bonchev–Trinajstić information content (AvgIpc) is 3.07. The third-order valence-electron chi connectivity index (χ3n) is 2.92. The molecule has 2 heterocycles. The zero-order chi connectivity index (χ0) is 14.7. The summed E-state index contributed by atoms with van der Waals surface area (Å²) in [7, 11) is 0. The molecule has 7 heteroatoms. The van der Waals surface area contributed by atoms with Crippen molar-refractivity contribution in [2.75, 3.05) is 18.7 Å². The predicted molar refractivity (Wildman–Crippen MR) is 76.7 cm³/mol. The molecule has 0 radical (unpaired) electrons. The van der Waals surface area contributed by atoms with Gasteiger partial charge in [0.15, 0.2) is 11.5 Å². The summed E-state index contributed by atoms with van der Waals surface area (Å²) in [6.07, 6.45) is 0. The van der Waals surface area contributed by atoms with Crippen LogP contribution >= 0.6 is 0 Å². The highest BCUT2D eigenvalue weighted by atomic mass is 16.7. The number of anilines is 2. The van der Waals surface area contributed by atoms with Crippen LogP contribution in [-0.2, 0) is 6.54 Å². The number of nitrogens with zero attached hydrogens (tertiary/aromatic N) is 2. The van der Waals surface area contributed by atoms with E-state index in [1.165, 1.54) is 0 Å². The molecule has 0 fully saturated rings. The fraction of sp³-hybridized carbons (Fsp3) is 0.429. The van der Waals surface area contributed by atoms with Crippen molar-refractivity contribution in [3.63, 3.8) is 0 Å². The largest absolute Gasteiger partial charge is 0.454 e. The van der Waals surface area contributed by atoms with Crippen molar-refractivity contribution in [1.82, 2.24) is 15.5 Å². The minimum absolute atomic E-state index is 0.255. The Hall–Kier alpha value is -2.28. The van der Waals surface area contributed by atoms with Gasteiger partial charge < -0.3 is 24.5 Å². The Balaban J connectivity index is 1.59. The molecule has 0 spiro atoms. The van der Waals surface area contributed by atoms with Gasteiger partial charge >= 0.3 is 6.01 Å². The van der Waals surface area contributed by atoms with Crippen molar-refractivity contribution in [1.29, 1.82) is 0 Å². The summed E-state index contributed by atoms with van der Waals surface area (Å²) in [5.41, 5.74) is 0.810. The highest BCUT2D eigenvalue weighted by Crippen LogP contribution is 2.34. The van der Waals surface area contributed by atoms with E-state index in [2.05, 4.69) is 34.7 Å². The standard InChI is InChI=1S/C14H18N4O3/c1-9(2)6-15-7-13-17-18-14(21-13)16-10-3-4-11-12(5-10)20-8-19-11/h3-5,9,15H,6-8H2,1-2H3,(H,16,18). The quantitative estimate of drug-likeness (QED) is 0.844. The number of aromatic nitrogens is 2. The van der Waals surface area contributed by atoms with Crippen molar-refractivity contribution in [2.24, 2.45) is 5.92 Å². The number of benzene rings is 1. The summed E-state index contributed by atoms with van der Waals surface area (Å²) < 4.78 is 16.1. The maximum Gasteiger partial charge on any atom is 0.320 e. The van der Waals surface area contributed by atoms with E-state index in [9.17, 15) is 0 Å². The first kappa shape index (κ1) is 13.7. The maximum absolute atomic E-state index is 5.52. The zero-order valence-corrected chi connectivity index (χ0v) is 12.0. The first-order valence-corrected chi connectivity index (χ1v) is 6.90. The van der Waals surface area contributed by atoms with Crippen LogP contribution in [0, 0.1) is 5.92 Å². The smallest absolute Gasteiger partial charge is 0.320 e. The Morgan fingerprint density at radius 2 is 2.05 bits per heavy atom. The van der Waals surface area contributed by atoms with Crippen LogP contribution in [0.25, 0.3) is 0 Å². The molecule has 2 aromatic rings. The molecular weight excluding hydrogens is 272 g/mol. The summed E-state index contributed by atoms with van der Waals surface area (Å²) in [6.45, 7) is 6.02. The molecule has 0 saturated carbocycles. The Morgan fingerprint density at radius 1 is 1.19 bits per heavy atom. The molecule has 21 heavy (non-hydrogen) atoms. The molecule has 1 aromatic carbocycles. The summed E-state index contributed by atoms with van der Waals surface area (Å²) in [4.78, 5) is 0. The minimum Gasteiger partial charge on any atom is -0.454 e. The lowest BCUT2D eigenvalue weighted by Crippen LogP contribution is -2.19. The van der Waals surface area contributed by atoms with E-state index in [1.807, 2.05) is 18.2 Å². The van der Waals surface area contributed by atoms with Crippen molar-refractivity contribution in [3.8, 4) is 11.5 Å². The molecule has 0 unspecified atom stereocenters. The van der Waals surface area contributed by atoms with Crippen molar-refractivity contribution >= 4 is 11.7 Å². The number of hydrogen-bond donors (Lipinski definition) is 2. The molecule has 3 rings (SSSR count). The average molecular weight is 290 g/mol. The molecule has 1 aliphatic rings. The molecule has 2 N–H and O–H groups in total. The van der Waals surface area contributed by atoms with E-state index >= 15 is 0 Å². The van der Waals surface area contributed by atoms with Gasteiger partial charge in [0, 0.05) is 11.8 Å². The van der Waals surface area contributed by atoms with Crippen LogP contribution < -0.4 is 20.1 Å². The summed E-state index contributed by atoms with van der Waals surface area (Å²) in [6, 6.07) is 5.90. The SMILES string of the molecule is CC(C)CNCc1nnc(Nc2ccc3c(c2)OCO3)o1. The highest BCUT2D eigenvalue weighted by Gasteiger charge is 2.14. The first-order chi connectivity index (χ1) is 10.2. The van der Waals surface area contributed by atoms with Crippen molar-refractivity contribution in [3.05, 3.63) is 24.1 Å². The molecule has 0 amide bonds. The third kappa shape index (κ3) is 3.43. The number of nitrogens with one attached hydrogen (secondary N) is 2. The molecule has 112 valence electrons. The molecule has 1 aliphatic heterocycles.